The lowest BCUT2D eigenvalue weighted by molar-refractivity contribution is 0.865. The highest BCUT2D eigenvalue weighted by Crippen LogP contribution is 2.33. The van der Waals surface area contributed by atoms with Crippen molar-refractivity contribution < 1.29 is 0 Å². The van der Waals surface area contributed by atoms with E-state index in [0.29, 0.717) is 5.92 Å². The molecule has 0 aliphatic heterocycles. The monoisotopic (exact) mass is 258 g/mol. The predicted octanol–water partition coefficient (Wildman–Crippen LogP) is 4.25. The van der Waals surface area contributed by atoms with Crippen molar-refractivity contribution in [2.24, 2.45) is 5.84 Å². The second kappa shape index (κ2) is 5.94. The van der Waals surface area contributed by atoms with Gasteiger partial charge in [0.05, 0.1) is 5.69 Å². The fraction of sp³-hybridized carbons (Fsp3) is 0.200. The molecule has 0 spiro atoms. The Morgan fingerprint density at radius 2 is 1.67 bits per heavy atom. The minimum absolute atomic E-state index is 0.571. The average Bonchev–Trinajstić information content (AvgIpc) is 2.40. The van der Waals surface area contributed by atoms with Crippen molar-refractivity contribution in [3.05, 3.63) is 54.1 Å². The molecule has 0 fully saturated rings. The van der Waals surface area contributed by atoms with Crippen LogP contribution in [0.1, 0.15) is 25.3 Å². The van der Waals surface area contributed by atoms with Crippen LogP contribution < -0.4 is 11.3 Å². The first-order valence-electron chi connectivity index (χ1n) is 6.04. The van der Waals surface area contributed by atoms with Gasteiger partial charge in [0.25, 0.3) is 0 Å². The summed E-state index contributed by atoms with van der Waals surface area (Å²) in [5.41, 5.74) is 5.04. The molecule has 2 nitrogen and oxygen atoms in total. The topological polar surface area (TPSA) is 38.0 Å². The first kappa shape index (κ1) is 13.0. The third kappa shape index (κ3) is 3.06. The minimum Gasteiger partial charge on any atom is -0.323 e. The molecule has 0 aliphatic rings. The van der Waals surface area contributed by atoms with E-state index in [2.05, 4.69) is 49.6 Å². The Bertz CT molecular complexity index is 506. The lowest BCUT2D eigenvalue weighted by Crippen LogP contribution is -2.07. The molecule has 0 atom stereocenters. The molecule has 0 radical (unpaired) electrons. The molecule has 2 rings (SSSR count). The van der Waals surface area contributed by atoms with Gasteiger partial charge < -0.3 is 5.43 Å². The van der Waals surface area contributed by atoms with Crippen molar-refractivity contribution in [3.8, 4) is 0 Å². The third-order valence-corrected chi connectivity index (χ3v) is 3.90. The summed E-state index contributed by atoms with van der Waals surface area (Å²) in [4.78, 5) is 2.36. The molecule has 0 aliphatic carbocycles. The van der Waals surface area contributed by atoms with Crippen LogP contribution in [-0.2, 0) is 0 Å². The lowest BCUT2D eigenvalue weighted by Gasteiger charge is -2.09. The number of nitrogens with one attached hydrogen (secondary N) is 1. The van der Waals surface area contributed by atoms with Gasteiger partial charge in [-0.3, -0.25) is 5.84 Å². The van der Waals surface area contributed by atoms with E-state index in [9.17, 15) is 0 Å². The van der Waals surface area contributed by atoms with Gasteiger partial charge in [-0.1, -0.05) is 49.9 Å². The standard InChI is InChI=1S/C15H18N2S/c1-11(2)12-7-9-13(10-8-12)18-15-6-4-3-5-14(15)17-16/h3-11,17H,16H2,1-2H3. The molecule has 0 saturated heterocycles. The number of rotatable bonds is 4. The van der Waals surface area contributed by atoms with E-state index in [4.69, 9.17) is 5.84 Å². The van der Waals surface area contributed by atoms with E-state index >= 15 is 0 Å². The van der Waals surface area contributed by atoms with Crippen molar-refractivity contribution in [2.75, 3.05) is 5.43 Å². The highest BCUT2D eigenvalue weighted by molar-refractivity contribution is 7.99. The molecule has 3 heteroatoms. The number of hydrogen-bond donors (Lipinski definition) is 2. The predicted molar refractivity (Wildman–Crippen MR) is 78.9 cm³/mol. The number of para-hydroxylation sites is 1. The van der Waals surface area contributed by atoms with Crippen molar-refractivity contribution in [2.45, 2.75) is 29.6 Å². The van der Waals surface area contributed by atoms with Crippen LogP contribution in [-0.4, -0.2) is 0 Å². The number of hydrogen-bond acceptors (Lipinski definition) is 3. The first-order chi connectivity index (χ1) is 8.70. The molecule has 0 saturated carbocycles. The van der Waals surface area contributed by atoms with Crippen molar-refractivity contribution in [1.29, 1.82) is 0 Å². The summed E-state index contributed by atoms with van der Waals surface area (Å²) in [7, 11) is 0. The Kier molecular flexibility index (Phi) is 4.28. The summed E-state index contributed by atoms with van der Waals surface area (Å²) in [6, 6.07) is 16.7. The normalized spacial score (nSPS) is 10.7. The van der Waals surface area contributed by atoms with Gasteiger partial charge in [-0.25, -0.2) is 0 Å². The summed E-state index contributed by atoms with van der Waals surface area (Å²) in [6.07, 6.45) is 0. The Balaban J connectivity index is 2.18. The van der Waals surface area contributed by atoms with Crippen LogP contribution in [0.4, 0.5) is 5.69 Å². The van der Waals surface area contributed by atoms with Crippen LogP contribution >= 0.6 is 11.8 Å². The average molecular weight is 258 g/mol. The van der Waals surface area contributed by atoms with Crippen LogP contribution in [0.5, 0.6) is 0 Å². The van der Waals surface area contributed by atoms with Crippen LogP contribution in [0.15, 0.2) is 58.3 Å². The van der Waals surface area contributed by atoms with Gasteiger partial charge in [-0.05, 0) is 35.7 Å². The van der Waals surface area contributed by atoms with Gasteiger partial charge in [-0.2, -0.15) is 0 Å². The SMILES string of the molecule is CC(C)c1ccc(Sc2ccccc2NN)cc1. The van der Waals surface area contributed by atoms with Crippen LogP contribution in [0.25, 0.3) is 0 Å². The molecule has 0 amide bonds. The van der Waals surface area contributed by atoms with Crippen LogP contribution in [0.2, 0.25) is 0 Å². The molecule has 18 heavy (non-hydrogen) atoms. The zero-order valence-corrected chi connectivity index (χ0v) is 11.5. The van der Waals surface area contributed by atoms with Gasteiger partial charge >= 0.3 is 0 Å². The lowest BCUT2D eigenvalue weighted by atomic mass is 10.0. The summed E-state index contributed by atoms with van der Waals surface area (Å²) >= 11 is 1.72. The van der Waals surface area contributed by atoms with Crippen molar-refractivity contribution in [3.63, 3.8) is 0 Å². The summed E-state index contributed by atoms with van der Waals surface area (Å²) in [6.45, 7) is 4.41. The van der Waals surface area contributed by atoms with E-state index in [1.807, 2.05) is 18.2 Å². The smallest absolute Gasteiger partial charge is 0.0624 e. The molecule has 0 heterocycles. The third-order valence-electron chi connectivity index (χ3n) is 2.82. The van der Waals surface area contributed by atoms with Crippen molar-refractivity contribution in [1.82, 2.24) is 0 Å². The molecule has 2 aromatic carbocycles. The second-order valence-corrected chi connectivity index (χ2v) is 5.58. The fourth-order valence-electron chi connectivity index (χ4n) is 1.72. The van der Waals surface area contributed by atoms with Gasteiger partial charge in [0.15, 0.2) is 0 Å². The van der Waals surface area contributed by atoms with Gasteiger partial charge in [0.1, 0.15) is 0 Å². The highest BCUT2D eigenvalue weighted by atomic mass is 32.2. The number of nitrogen functional groups attached to an aromatic ring is 1. The molecule has 0 aromatic heterocycles. The van der Waals surface area contributed by atoms with E-state index in [1.165, 1.54) is 10.5 Å². The maximum Gasteiger partial charge on any atom is 0.0624 e. The molecule has 3 N–H and O–H groups in total. The maximum absolute atomic E-state index is 5.50. The van der Waals surface area contributed by atoms with Crippen LogP contribution in [0, 0.1) is 0 Å². The zero-order valence-electron chi connectivity index (χ0n) is 10.7. The van der Waals surface area contributed by atoms with Gasteiger partial charge in [-0.15, -0.1) is 0 Å². The van der Waals surface area contributed by atoms with Crippen molar-refractivity contribution >= 4 is 17.4 Å². The zero-order chi connectivity index (χ0) is 13.0. The molecular formula is C15H18N2S. The summed E-state index contributed by atoms with van der Waals surface area (Å²) in [5.74, 6) is 6.08. The maximum atomic E-state index is 5.50. The van der Waals surface area contributed by atoms with Gasteiger partial charge in [0, 0.05) is 9.79 Å². The Morgan fingerprint density at radius 3 is 2.28 bits per heavy atom. The Hall–Kier alpha value is -1.45. The number of benzene rings is 2. The quantitative estimate of drug-likeness (QED) is 0.636. The highest BCUT2D eigenvalue weighted by Gasteiger charge is 2.03. The second-order valence-electron chi connectivity index (χ2n) is 4.47. The minimum atomic E-state index is 0.571. The summed E-state index contributed by atoms with van der Waals surface area (Å²) in [5, 5.41) is 0. The molecule has 0 bridgehead atoms. The van der Waals surface area contributed by atoms with E-state index in [-0.39, 0.29) is 0 Å². The van der Waals surface area contributed by atoms with Crippen LogP contribution in [0.3, 0.4) is 0 Å². The Morgan fingerprint density at radius 1 is 1.00 bits per heavy atom. The largest absolute Gasteiger partial charge is 0.323 e. The number of hydrazine groups is 1. The molecule has 94 valence electrons. The van der Waals surface area contributed by atoms with Gasteiger partial charge in [0.2, 0.25) is 0 Å². The van der Waals surface area contributed by atoms with E-state index in [1.54, 1.807) is 11.8 Å². The molecule has 2 aromatic rings. The summed E-state index contributed by atoms with van der Waals surface area (Å²) < 4.78 is 0. The number of anilines is 1. The first-order valence-corrected chi connectivity index (χ1v) is 6.86. The Labute approximate surface area is 113 Å². The fourth-order valence-corrected chi connectivity index (χ4v) is 2.63. The van der Waals surface area contributed by atoms with E-state index in [0.717, 1.165) is 10.6 Å². The van der Waals surface area contributed by atoms with E-state index < -0.39 is 0 Å². The molecular weight excluding hydrogens is 240 g/mol. The number of nitrogens with two attached hydrogens (primary N) is 1. The molecule has 0 unspecified atom stereocenters.